The molecule has 0 unspecified atom stereocenters. The summed E-state index contributed by atoms with van der Waals surface area (Å²) in [4.78, 5) is 0. The molecule has 9 heteroatoms. The third-order valence-electron chi connectivity index (χ3n) is 2.43. The van der Waals surface area contributed by atoms with Gasteiger partial charge in [-0.2, -0.15) is 10.5 Å². The van der Waals surface area contributed by atoms with E-state index in [0.717, 1.165) is 0 Å². The highest BCUT2D eigenvalue weighted by atomic mass is 35.5. The zero-order chi connectivity index (χ0) is 15.6. The van der Waals surface area contributed by atoms with Crippen molar-refractivity contribution in [1.29, 1.82) is 10.5 Å². The second-order valence-electron chi connectivity index (χ2n) is 3.66. The zero-order valence-corrected chi connectivity index (χ0v) is 13.0. The summed E-state index contributed by atoms with van der Waals surface area (Å²) in [5.74, 6) is 0.287. The first-order chi connectivity index (χ1) is 9.99. The molecule has 0 saturated heterocycles. The van der Waals surface area contributed by atoms with Crippen LogP contribution in [0.2, 0.25) is 20.2 Å². The van der Waals surface area contributed by atoms with Crippen molar-refractivity contribution in [3.05, 3.63) is 43.5 Å². The molecule has 1 heterocycles. The van der Waals surface area contributed by atoms with Gasteiger partial charge in [-0.05, 0) is 12.1 Å². The average Bonchev–Trinajstić information content (AvgIpc) is 2.47. The lowest BCUT2D eigenvalue weighted by Crippen LogP contribution is -2.01. The number of halogens is 4. The van der Waals surface area contributed by atoms with Crippen LogP contribution < -0.4 is 5.32 Å². The monoisotopic (exact) mass is 357 g/mol. The predicted molar refractivity (Wildman–Crippen MR) is 81.2 cm³/mol. The molecule has 104 valence electrons. The summed E-state index contributed by atoms with van der Waals surface area (Å²) in [6.45, 7) is 0. The Bertz CT molecular complexity index is 790. The van der Waals surface area contributed by atoms with Crippen LogP contribution in [0.1, 0.15) is 11.1 Å². The van der Waals surface area contributed by atoms with Crippen molar-refractivity contribution < 1.29 is 0 Å². The highest BCUT2D eigenvalue weighted by Crippen LogP contribution is 2.41. The lowest BCUT2D eigenvalue weighted by Gasteiger charge is -2.13. The van der Waals surface area contributed by atoms with Gasteiger partial charge in [0.2, 0.25) is 0 Å². The van der Waals surface area contributed by atoms with Gasteiger partial charge in [-0.15, -0.1) is 10.2 Å². The highest BCUT2D eigenvalue weighted by Gasteiger charge is 2.21. The molecule has 0 aliphatic rings. The molecule has 2 rings (SSSR count). The zero-order valence-electron chi connectivity index (χ0n) is 9.96. The number of rotatable bonds is 2. The van der Waals surface area contributed by atoms with Crippen molar-refractivity contribution in [1.82, 2.24) is 10.2 Å². The first kappa shape index (κ1) is 15.6. The lowest BCUT2D eigenvalue weighted by atomic mass is 10.1. The summed E-state index contributed by atoms with van der Waals surface area (Å²) in [5.41, 5.74) is 0.0665. The molecular formula is C12H3Cl4N5. The SMILES string of the molecule is N#Cc1c(Cl)c(Cl)c(Nc2ccc(Cl)nn2)c(C#N)c1Cl. The second kappa shape index (κ2) is 6.34. The summed E-state index contributed by atoms with van der Waals surface area (Å²) in [6.07, 6.45) is 0. The van der Waals surface area contributed by atoms with E-state index in [0.29, 0.717) is 0 Å². The standard InChI is InChI=1S/C12H3Cl4N5/c13-7-1-2-8(21-20-7)19-12-6(4-18)9(14)5(3-17)10(15)11(12)16/h1-2H,(H,19,21). The number of hydrogen-bond acceptors (Lipinski definition) is 5. The van der Waals surface area contributed by atoms with Gasteiger partial charge in [-0.3, -0.25) is 0 Å². The molecule has 5 nitrogen and oxygen atoms in total. The smallest absolute Gasteiger partial charge is 0.153 e. The van der Waals surface area contributed by atoms with Gasteiger partial charge >= 0.3 is 0 Å². The quantitative estimate of drug-likeness (QED) is 0.794. The molecule has 0 radical (unpaired) electrons. The van der Waals surface area contributed by atoms with Crippen molar-refractivity contribution in [2.45, 2.75) is 0 Å². The molecule has 1 aromatic heterocycles. The maximum absolute atomic E-state index is 9.21. The third-order valence-corrected chi connectivity index (χ3v) is 3.86. The fourth-order valence-corrected chi connectivity index (χ4v) is 2.38. The molecule has 0 saturated carbocycles. The van der Waals surface area contributed by atoms with E-state index in [1.807, 2.05) is 6.07 Å². The van der Waals surface area contributed by atoms with Crippen molar-refractivity contribution in [3.63, 3.8) is 0 Å². The molecule has 0 fully saturated rings. The number of hydrogen-bond donors (Lipinski definition) is 1. The van der Waals surface area contributed by atoms with Crippen molar-refractivity contribution >= 4 is 57.9 Å². The molecule has 2 aromatic rings. The van der Waals surface area contributed by atoms with E-state index in [1.165, 1.54) is 12.1 Å². The van der Waals surface area contributed by atoms with E-state index in [1.54, 1.807) is 6.07 Å². The molecule has 0 aliphatic carbocycles. The van der Waals surface area contributed by atoms with Gasteiger partial charge in [0.25, 0.3) is 0 Å². The van der Waals surface area contributed by atoms with E-state index < -0.39 is 0 Å². The number of nitrogens with zero attached hydrogens (tertiary/aromatic N) is 4. The lowest BCUT2D eigenvalue weighted by molar-refractivity contribution is 1.04. The van der Waals surface area contributed by atoms with Gasteiger partial charge in [0.1, 0.15) is 12.1 Å². The van der Waals surface area contributed by atoms with Crippen LogP contribution >= 0.6 is 46.4 Å². The Morgan fingerprint density at radius 1 is 0.857 bits per heavy atom. The minimum absolute atomic E-state index is 0.00841. The van der Waals surface area contributed by atoms with E-state index in [-0.39, 0.29) is 42.9 Å². The Morgan fingerprint density at radius 2 is 1.52 bits per heavy atom. The van der Waals surface area contributed by atoms with Crippen LogP contribution in [0.5, 0.6) is 0 Å². The minimum atomic E-state index is -0.0844. The van der Waals surface area contributed by atoms with Gasteiger partial charge < -0.3 is 5.32 Å². The summed E-state index contributed by atoms with van der Waals surface area (Å²) in [6, 6.07) is 6.72. The normalized spacial score (nSPS) is 9.81. The molecule has 0 bridgehead atoms. The molecule has 0 aliphatic heterocycles. The Morgan fingerprint density at radius 3 is 2.05 bits per heavy atom. The number of benzene rings is 1. The predicted octanol–water partition coefficient (Wildman–Crippen LogP) is 4.58. The molecule has 21 heavy (non-hydrogen) atoms. The topological polar surface area (TPSA) is 85.4 Å². The van der Waals surface area contributed by atoms with Gasteiger partial charge in [-0.25, -0.2) is 0 Å². The van der Waals surface area contributed by atoms with Crippen LogP contribution in [0.4, 0.5) is 11.5 Å². The minimum Gasteiger partial charge on any atom is -0.336 e. The second-order valence-corrected chi connectivity index (χ2v) is 5.18. The number of nitriles is 2. The number of aromatic nitrogens is 2. The fourth-order valence-electron chi connectivity index (χ4n) is 1.49. The molecular weight excluding hydrogens is 356 g/mol. The molecule has 1 N–H and O–H groups in total. The third kappa shape index (κ3) is 2.97. The molecule has 1 aromatic carbocycles. The van der Waals surface area contributed by atoms with Crippen molar-refractivity contribution in [3.8, 4) is 12.1 Å². The number of nitrogens with one attached hydrogen (secondary N) is 1. The Balaban J connectivity index is 2.61. The van der Waals surface area contributed by atoms with E-state index in [4.69, 9.17) is 51.7 Å². The van der Waals surface area contributed by atoms with Crippen molar-refractivity contribution in [2.75, 3.05) is 5.32 Å². The van der Waals surface area contributed by atoms with Crippen LogP contribution in [-0.4, -0.2) is 10.2 Å². The van der Waals surface area contributed by atoms with Gasteiger partial charge in [0, 0.05) is 0 Å². The first-order valence-corrected chi connectivity index (χ1v) is 6.77. The maximum Gasteiger partial charge on any atom is 0.153 e. The first-order valence-electron chi connectivity index (χ1n) is 5.26. The van der Waals surface area contributed by atoms with Crippen LogP contribution in [-0.2, 0) is 0 Å². The maximum atomic E-state index is 9.21. The van der Waals surface area contributed by atoms with E-state index in [9.17, 15) is 5.26 Å². The van der Waals surface area contributed by atoms with Gasteiger partial charge in [0.05, 0.1) is 31.9 Å². The van der Waals surface area contributed by atoms with Crippen LogP contribution in [0.25, 0.3) is 0 Å². The van der Waals surface area contributed by atoms with Crippen LogP contribution in [0.3, 0.4) is 0 Å². The molecule has 0 amide bonds. The molecule has 0 atom stereocenters. The van der Waals surface area contributed by atoms with Gasteiger partial charge in [0.15, 0.2) is 11.0 Å². The summed E-state index contributed by atoms with van der Waals surface area (Å²) in [7, 11) is 0. The Hall–Kier alpha value is -1.76. The average molecular weight is 359 g/mol. The number of anilines is 2. The van der Waals surface area contributed by atoms with Crippen LogP contribution in [0.15, 0.2) is 12.1 Å². The Kier molecular flexibility index (Phi) is 4.72. The molecule has 0 spiro atoms. The summed E-state index contributed by atoms with van der Waals surface area (Å²) >= 11 is 23.7. The van der Waals surface area contributed by atoms with Crippen molar-refractivity contribution in [2.24, 2.45) is 0 Å². The Labute approximate surface area is 139 Å². The fraction of sp³-hybridized carbons (Fsp3) is 0. The van der Waals surface area contributed by atoms with Crippen LogP contribution in [0, 0.1) is 22.7 Å². The van der Waals surface area contributed by atoms with E-state index >= 15 is 0 Å². The van der Waals surface area contributed by atoms with Gasteiger partial charge in [-0.1, -0.05) is 46.4 Å². The van der Waals surface area contributed by atoms with E-state index in [2.05, 4.69) is 15.5 Å². The summed E-state index contributed by atoms with van der Waals surface area (Å²) in [5, 5.41) is 28.5. The summed E-state index contributed by atoms with van der Waals surface area (Å²) < 4.78 is 0. The highest BCUT2D eigenvalue weighted by molar-refractivity contribution is 6.46. The largest absolute Gasteiger partial charge is 0.336 e.